The quantitative estimate of drug-likeness (QED) is 0.167. The van der Waals surface area contributed by atoms with E-state index in [1.807, 2.05) is 20.8 Å². The number of rotatable bonds is 7. The third-order valence-corrected chi connectivity index (χ3v) is 11.2. The number of Topliss-reactive ketones (excluding diaryl/α,β-unsaturated/α-hetero) is 1. The second-order valence-electron chi connectivity index (χ2n) is 16.2. The molecule has 0 aromatic rings. The molecule has 1 saturated heterocycles. The summed E-state index contributed by atoms with van der Waals surface area (Å²) in [5, 5.41) is 37.3. The van der Waals surface area contributed by atoms with E-state index >= 15 is 0 Å². The van der Waals surface area contributed by atoms with Gasteiger partial charge in [0, 0.05) is 62.8 Å². The minimum Gasteiger partial charge on any atom is -0.456 e. The molecule has 9 unspecified atom stereocenters. The molecule has 11 atom stereocenters. The number of amides is 1. The largest absolute Gasteiger partial charge is 0.456 e. The Morgan fingerprint density at radius 3 is 2.24 bits per heavy atom. The van der Waals surface area contributed by atoms with Gasteiger partial charge in [-0.3, -0.25) is 9.59 Å². The third-order valence-electron chi connectivity index (χ3n) is 11.2. The SMILES string of the molecule is CCC(=O)OC1C(=O)[C@]2(C)C(O)CC3OCC3(O)C2[C@H](C)C2CC(OC(=O)C(O)C(C=C(C)C)NC(=O)OC(C)(C)C)C(C)=C1C2(C)C.[Ac]. The summed E-state index contributed by atoms with van der Waals surface area (Å²) in [5.41, 5.74) is -2.76. The summed E-state index contributed by atoms with van der Waals surface area (Å²) in [5.74, 6) is -3.64. The predicted octanol–water partition coefficient (Wildman–Crippen LogP) is 3.54. The van der Waals surface area contributed by atoms with Gasteiger partial charge < -0.3 is 39.6 Å². The van der Waals surface area contributed by atoms with Crippen molar-refractivity contribution in [2.75, 3.05) is 6.61 Å². The van der Waals surface area contributed by atoms with Gasteiger partial charge in [-0.25, -0.2) is 9.59 Å². The molecule has 0 aromatic heterocycles. The van der Waals surface area contributed by atoms with E-state index in [4.69, 9.17) is 18.9 Å². The standard InChI is InChI=1S/C36H55NO11.Ac/c1-12-25(39)47-28-26-19(5)22(46-31(42)27(40)21(13-17(2)3)37-32(43)48-33(6,7)8)14-20(34(26,9)10)18(4)29-35(11,30(28)41)23(38)15-24-36(29,44)16-45-24;/h13,18,20-24,27-29,38,40,44H,12,14-16H2,1-11H3,(H,37,43);/t18-,20?,21?,22?,23?,24?,27?,28?,29?,35-,36?;/m1./s1. The van der Waals surface area contributed by atoms with Crippen LogP contribution in [0.5, 0.6) is 0 Å². The molecule has 49 heavy (non-hydrogen) atoms. The summed E-state index contributed by atoms with van der Waals surface area (Å²) >= 11 is 0. The second-order valence-corrected chi connectivity index (χ2v) is 16.2. The van der Waals surface area contributed by atoms with Gasteiger partial charge >= 0.3 is 18.0 Å². The first-order valence-corrected chi connectivity index (χ1v) is 17.0. The Balaban J connectivity index is 0.00000650. The Morgan fingerprint density at radius 2 is 1.73 bits per heavy atom. The van der Waals surface area contributed by atoms with Crippen LogP contribution in [0.2, 0.25) is 0 Å². The number of carbonyl (C=O) groups excluding carboxylic acids is 4. The second kappa shape index (κ2) is 14.9. The monoisotopic (exact) mass is 904 g/mol. The van der Waals surface area contributed by atoms with E-state index in [2.05, 4.69) is 5.32 Å². The Bertz CT molecular complexity index is 1380. The molecular weight excluding hydrogens is 849 g/mol. The molecule has 0 spiro atoms. The topological polar surface area (TPSA) is 178 Å². The number of ketones is 1. The van der Waals surface area contributed by atoms with Crippen molar-refractivity contribution in [1.82, 2.24) is 5.32 Å². The number of nitrogens with one attached hydrogen (secondary N) is 1. The Kier molecular flexibility index (Phi) is 12.8. The van der Waals surface area contributed by atoms with Crippen molar-refractivity contribution in [3.05, 3.63) is 22.8 Å². The number of allylic oxidation sites excluding steroid dienone is 1. The molecule has 1 radical (unpaired) electrons. The van der Waals surface area contributed by atoms with Crippen molar-refractivity contribution >= 4 is 23.8 Å². The van der Waals surface area contributed by atoms with Gasteiger partial charge in [-0.2, -0.15) is 0 Å². The molecule has 2 saturated carbocycles. The minimum absolute atomic E-state index is 0. The average molecular weight is 905 g/mol. The molecule has 3 aliphatic carbocycles. The smallest absolute Gasteiger partial charge is 0.408 e. The molecule has 1 aliphatic heterocycles. The summed E-state index contributed by atoms with van der Waals surface area (Å²) < 4.78 is 23.0. The first-order valence-electron chi connectivity index (χ1n) is 17.0. The summed E-state index contributed by atoms with van der Waals surface area (Å²) in [6, 6.07) is -1.16. The zero-order chi connectivity index (χ0) is 36.3. The summed E-state index contributed by atoms with van der Waals surface area (Å²) in [6.07, 6.45) is -4.94. The average Bonchev–Trinajstić information content (AvgIpc) is 2.96. The van der Waals surface area contributed by atoms with Crippen molar-refractivity contribution in [1.29, 1.82) is 0 Å². The zero-order valence-corrected chi connectivity index (χ0v) is 35.5. The van der Waals surface area contributed by atoms with Gasteiger partial charge in [0.2, 0.25) is 0 Å². The number of hydrogen-bond acceptors (Lipinski definition) is 11. The fraction of sp³-hybridized carbons (Fsp3) is 0.778. The van der Waals surface area contributed by atoms with Crippen LogP contribution >= 0.6 is 0 Å². The van der Waals surface area contributed by atoms with Crippen LogP contribution in [0.25, 0.3) is 0 Å². The third kappa shape index (κ3) is 7.73. The number of carbonyl (C=O) groups is 4. The number of hydrogen-bond donors (Lipinski definition) is 4. The van der Waals surface area contributed by atoms with Crippen LogP contribution in [-0.4, -0.2) is 93.5 Å². The van der Waals surface area contributed by atoms with Crippen LogP contribution in [0.4, 0.5) is 4.79 Å². The maximum Gasteiger partial charge on any atom is 0.408 e. The van der Waals surface area contributed by atoms with Gasteiger partial charge in [-0.05, 0) is 83.3 Å². The number of alkyl carbamates (subject to hydrolysis) is 1. The Hall–Kier alpha value is -1.36. The van der Waals surface area contributed by atoms with Crippen molar-refractivity contribution in [3.63, 3.8) is 0 Å². The molecule has 4 N–H and O–H groups in total. The zero-order valence-electron chi connectivity index (χ0n) is 30.8. The molecule has 4 rings (SSSR count). The van der Waals surface area contributed by atoms with Crippen LogP contribution in [-0.2, 0) is 33.3 Å². The Labute approximate surface area is 325 Å². The maximum atomic E-state index is 14.8. The maximum absolute atomic E-state index is 14.8. The van der Waals surface area contributed by atoms with Crippen LogP contribution in [0.1, 0.15) is 95.4 Å². The van der Waals surface area contributed by atoms with E-state index in [0.29, 0.717) is 11.1 Å². The fourth-order valence-electron chi connectivity index (χ4n) is 8.91. The van der Waals surface area contributed by atoms with E-state index in [1.165, 1.54) is 6.08 Å². The predicted molar refractivity (Wildman–Crippen MR) is 174 cm³/mol. The van der Waals surface area contributed by atoms with E-state index in [0.717, 1.165) is 5.57 Å². The van der Waals surface area contributed by atoms with Crippen molar-refractivity contribution in [3.8, 4) is 0 Å². The summed E-state index contributed by atoms with van der Waals surface area (Å²) in [6.45, 7) is 19.4. The van der Waals surface area contributed by atoms with Crippen molar-refractivity contribution in [2.45, 2.75) is 143 Å². The van der Waals surface area contributed by atoms with Crippen molar-refractivity contribution < 1.29 is 97.5 Å². The molecule has 3 fully saturated rings. The number of esters is 2. The molecule has 4 aliphatic rings. The minimum atomic E-state index is -1.80. The van der Waals surface area contributed by atoms with Gasteiger partial charge in [0.1, 0.15) is 17.3 Å². The van der Waals surface area contributed by atoms with Crippen LogP contribution in [0.15, 0.2) is 22.8 Å². The van der Waals surface area contributed by atoms with E-state index in [9.17, 15) is 34.5 Å². The number of aliphatic hydroxyl groups is 3. The number of fused-ring (bicyclic) bond motifs is 5. The molecule has 1 amide bonds. The van der Waals surface area contributed by atoms with Crippen LogP contribution in [0, 0.1) is 72.6 Å². The van der Waals surface area contributed by atoms with Gasteiger partial charge in [0.15, 0.2) is 18.0 Å². The summed E-state index contributed by atoms with van der Waals surface area (Å²) in [7, 11) is 0. The van der Waals surface area contributed by atoms with Crippen molar-refractivity contribution in [2.24, 2.45) is 28.6 Å². The molecule has 12 nitrogen and oxygen atoms in total. The van der Waals surface area contributed by atoms with Gasteiger partial charge in [-0.1, -0.05) is 39.3 Å². The van der Waals surface area contributed by atoms with E-state index < -0.39 is 94.2 Å². The summed E-state index contributed by atoms with van der Waals surface area (Å²) in [4.78, 5) is 54.0. The van der Waals surface area contributed by atoms with Gasteiger partial charge in [0.05, 0.1) is 30.3 Å². The molecule has 13 heteroatoms. The number of aliphatic hydroxyl groups excluding tert-OH is 2. The molecule has 273 valence electrons. The van der Waals surface area contributed by atoms with Gasteiger partial charge in [-0.15, -0.1) is 0 Å². The first kappa shape index (κ1) is 42.1. The number of ether oxygens (including phenoxy) is 4. The first-order chi connectivity index (χ1) is 22.0. The van der Waals surface area contributed by atoms with Crippen LogP contribution < -0.4 is 5.32 Å². The fourth-order valence-corrected chi connectivity index (χ4v) is 8.91. The Morgan fingerprint density at radius 1 is 1.12 bits per heavy atom. The van der Waals surface area contributed by atoms with E-state index in [1.54, 1.807) is 55.4 Å². The molecule has 0 aromatic carbocycles. The van der Waals surface area contributed by atoms with E-state index in [-0.39, 0.29) is 75.8 Å². The van der Waals surface area contributed by atoms with Crippen LogP contribution in [0.3, 0.4) is 0 Å². The molecule has 1 heterocycles. The van der Waals surface area contributed by atoms with Gasteiger partial charge in [0.25, 0.3) is 0 Å². The normalized spacial score (nSPS) is 36.1. The molecular formula is C36H55AcNO11. The molecule has 2 bridgehead atoms.